The molecule has 1 saturated carbocycles. The lowest BCUT2D eigenvalue weighted by atomic mass is 9.97. The lowest BCUT2D eigenvalue weighted by Gasteiger charge is -2.26. The Morgan fingerprint density at radius 1 is 1.35 bits per heavy atom. The number of carboxylic acid groups (broad SMARTS) is 1. The molecule has 0 aromatic heterocycles. The zero-order valence-corrected chi connectivity index (χ0v) is 11.7. The quantitative estimate of drug-likeness (QED) is 0.837. The van der Waals surface area contributed by atoms with Gasteiger partial charge in [-0.15, -0.1) is 6.58 Å². The van der Waals surface area contributed by atoms with Crippen molar-refractivity contribution in [2.45, 2.75) is 31.2 Å². The Labute approximate surface area is 122 Å². The van der Waals surface area contributed by atoms with E-state index in [2.05, 4.69) is 11.9 Å². The second-order valence-electron chi connectivity index (χ2n) is 5.02. The van der Waals surface area contributed by atoms with Crippen molar-refractivity contribution >= 4 is 23.5 Å². The number of carbonyl (C=O) groups is 2. The molecule has 1 fully saturated rings. The second-order valence-corrected chi connectivity index (χ2v) is 5.43. The van der Waals surface area contributed by atoms with E-state index in [-0.39, 0.29) is 27.6 Å². The summed E-state index contributed by atoms with van der Waals surface area (Å²) in [6.45, 7) is 3.80. The molecule has 0 spiro atoms. The fourth-order valence-electron chi connectivity index (χ4n) is 2.51. The molecular weight excluding hydrogens is 278 g/mol. The average Bonchev–Trinajstić information content (AvgIpc) is 2.87. The molecule has 106 valence electrons. The first-order valence-electron chi connectivity index (χ1n) is 6.46. The van der Waals surface area contributed by atoms with Gasteiger partial charge in [0.15, 0.2) is 0 Å². The highest BCUT2D eigenvalue weighted by atomic mass is 35.5. The molecule has 20 heavy (non-hydrogen) atoms. The molecule has 0 unspecified atom stereocenters. The average molecular weight is 294 g/mol. The van der Waals surface area contributed by atoms with Gasteiger partial charge in [-0.1, -0.05) is 30.5 Å². The number of nitrogens with one attached hydrogen (secondary N) is 1. The molecule has 1 aromatic rings. The molecule has 0 saturated heterocycles. The van der Waals surface area contributed by atoms with Crippen molar-refractivity contribution in [2.75, 3.05) is 0 Å². The minimum Gasteiger partial charge on any atom is -0.478 e. The van der Waals surface area contributed by atoms with Crippen molar-refractivity contribution in [3.63, 3.8) is 0 Å². The van der Waals surface area contributed by atoms with E-state index in [4.69, 9.17) is 16.7 Å². The number of rotatable bonds is 4. The standard InChI is InChI=1S/C15H16ClNO3/c1-2-15(7-3-4-8-15)17-13(18)11-6-5-10(14(19)20)9-12(11)16/h2,5-6,9H,1,3-4,7-8H2,(H,17,18)(H,19,20). The minimum absolute atomic E-state index is 0.0610. The predicted octanol–water partition coefficient (Wildman–Crippen LogP) is 3.27. The van der Waals surface area contributed by atoms with Gasteiger partial charge >= 0.3 is 5.97 Å². The SMILES string of the molecule is C=CC1(NC(=O)c2ccc(C(=O)O)cc2Cl)CCCC1. The highest BCUT2D eigenvalue weighted by Gasteiger charge is 2.32. The maximum absolute atomic E-state index is 12.3. The molecule has 1 aliphatic rings. The first kappa shape index (κ1) is 14.6. The molecule has 0 atom stereocenters. The van der Waals surface area contributed by atoms with Gasteiger partial charge in [0.25, 0.3) is 5.91 Å². The van der Waals surface area contributed by atoms with Gasteiger partial charge in [0.05, 0.1) is 21.7 Å². The maximum atomic E-state index is 12.3. The molecule has 0 aliphatic heterocycles. The fraction of sp³-hybridized carbons (Fsp3) is 0.333. The van der Waals surface area contributed by atoms with Gasteiger partial charge in [0.1, 0.15) is 0 Å². The smallest absolute Gasteiger partial charge is 0.335 e. The summed E-state index contributed by atoms with van der Waals surface area (Å²) in [5.41, 5.74) is -0.0260. The van der Waals surface area contributed by atoms with Crippen LogP contribution in [0.5, 0.6) is 0 Å². The number of hydrogen-bond donors (Lipinski definition) is 2. The van der Waals surface area contributed by atoms with Crippen molar-refractivity contribution in [1.29, 1.82) is 0 Å². The van der Waals surface area contributed by atoms with Crippen molar-refractivity contribution in [3.05, 3.63) is 47.0 Å². The number of hydrogen-bond acceptors (Lipinski definition) is 2. The number of benzene rings is 1. The number of aromatic carboxylic acids is 1. The molecule has 4 nitrogen and oxygen atoms in total. The third-order valence-electron chi connectivity index (χ3n) is 3.71. The van der Waals surface area contributed by atoms with Gasteiger partial charge in [-0.05, 0) is 31.0 Å². The van der Waals surface area contributed by atoms with Gasteiger partial charge in [0.2, 0.25) is 0 Å². The van der Waals surface area contributed by atoms with Crippen LogP contribution in [-0.4, -0.2) is 22.5 Å². The zero-order valence-electron chi connectivity index (χ0n) is 11.0. The van der Waals surface area contributed by atoms with Crippen LogP contribution in [0.15, 0.2) is 30.9 Å². The van der Waals surface area contributed by atoms with E-state index in [9.17, 15) is 9.59 Å². The van der Waals surface area contributed by atoms with Gasteiger partial charge in [-0.25, -0.2) is 4.79 Å². The van der Waals surface area contributed by atoms with Crippen LogP contribution in [0.4, 0.5) is 0 Å². The van der Waals surface area contributed by atoms with Crippen molar-refractivity contribution in [3.8, 4) is 0 Å². The van der Waals surface area contributed by atoms with Crippen LogP contribution < -0.4 is 5.32 Å². The van der Waals surface area contributed by atoms with Crippen LogP contribution in [0.3, 0.4) is 0 Å². The molecule has 0 bridgehead atoms. The molecule has 1 aromatic carbocycles. The van der Waals surface area contributed by atoms with E-state index in [0.717, 1.165) is 25.7 Å². The Kier molecular flexibility index (Phi) is 4.14. The van der Waals surface area contributed by atoms with E-state index in [0.29, 0.717) is 0 Å². The van der Waals surface area contributed by atoms with Crippen LogP contribution >= 0.6 is 11.6 Å². The first-order chi connectivity index (χ1) is 9.47. The van der Waals surface area contributed by atoms with Crippen LogP contribution in [0.25, 0.3) is 0 Å². The summed E-state index contributed by atoms with van der Waals surface area (Å²) in [7, 11) is 0. The van der Waals surface area contributed by atoms with Crippen LogP contribution in [0, 0.1) is 0 Å². The monoisotopic (exact) mass is 293 g/mol. The Morgan fingerprint density at radius 3 is 2.50 bits per heavy atom. The van der Waals surface area contributed by atoms with E-state index < -0.39 is 5.97 Å². The van der Waals surface area contributed by atoms with Crippen LogP contribution in [-0.2, 0) is 0 Å². The molecular formula is C15H16ClNO3. The first-order valence-corrected chi connectivity index (χ1v) is 6.84. The van der Waals surface area contributed by atoms with E-state index in [1.165, 1.54) is 18.2 Å². The molecule has 2 N–H and O–H groups in total. The molecule has 2 rings (SSSR count). The van der Waals surface area contributed by atoms with Crippen molar-refractivity contribution < 1.29 is 14.7 Å². The molecule has 1 aliphatic carbocycles. The molecule has 0 radical (unpaired) electrons. The topological polar surface area (TPSA) is 66.4 Å². The number of carboxylic acids is 1. The lowest BCUT2D eigenvalue weighted by molar-refractivity contribution is 0.0696. The van der Waals surface area contributed by atoms with Crippen LogP contribution in [0.1, 0.15) is 46.4 Å². The summed E-state index contributed by atoms with van der Waals surface area (Å²) in [5.74, 6) is -1.37. The number of carbonyl (C=O) groups excluding carboxylic acids is 1. The van der Waals surface area contributed by atoms with Gasteiger partial charge in [-0.2, -0.15) is 0 Å². The Morgan fingerprint density at radius 2 is 2.00 bits per heavy atom. The maximum Gasteiger partial charge on any atom is 0.335 e. The lowest BCUT2D eigenvalue weighted by Crippen LogP contribution is -2.44. The zero-order chi connectivity index (χ0) is 14.8. The highest BCUT2D eigenvalue weighted by molar-refractivity contribution is 6.34. The number of halogens is 1. The predicted molar refractivity (Wildman–Crippen MR) is 77.3 cm³/mol. The molecule has 0 heterocycles. The largest absolute Gasteiger partial charge is 0.478 e. The summed E-state index contributed by atoms with van der Waals surface area (Å²) >= 11 is 5.99. The Bertz CT molecular complexity index is 562. The van der Waals surface area contributed by atoms with E-state index >= 15 is 0 Å². The molecule has 1 amide bonds. The van der Waals surface area contributed by atoms with Gasteiger partial charge < -0.3 is 10.4 Å². The van der Waals surface area contributed by atoms with Gasteiger partial charge in [-0.3, -0.25) is 4.79 Å². The Balaban J connectivity index is 2.21. The third-order valence-corrected chi connectivity index (χ3v) is 4.02. The van der Waals surface area contributed by atoms with Crippen molar-refractivity contribution in [2.24, 2.45) is 0 Å². The summed E-state index contributed by atoms with van der Waals surface area (Å²) in [6, 6.07) is 4.10. The fourth-order valence-corrected chi connectivity index (χ4v) is 2.78. The third kappa shape index (κ3) is 2.85. The molecule has 5 heteroatoms. The summed E-state index contributed by atoms with van der Waals surface area (Å²) < 4.78 is 0. The van der Waals surface area contributed by atoms with Crippen molar-refractivity contribution in [1.82, 2.24) is 5.32 Å². The number of amides is 1. The van der Waals surface area contributed by atoms with E-state index in [1.54, 1.807) is 6.08 Å². The summed E-state index contributed by atoms with van der Waals surface area (Å²) in [5, 5.41) is 12.0. The van der Waals surface area contributed by atoms with Gasteiger partial charge in [0, 0.05) is 0 Å². The Hall–Kier alpha value is -1.81. The second kappa shape index (κ2) is 5.67. The summed E-state index contributed by atoms with van der Waals surface area (Å²) in [4.78, 5) is 23.1. The minimum atomic E-state index is -1.07. The summed E-state index contributed by atoms with van der Waals surface area (Å²) in [6.07, 6.45) is 5.62. The highest BCUT2D eigenvalue weighted by Crippen LogP contribution is 2.31. The van der Waals surface area contributed by atoms with Crippen LogP contribution in [0.2, 0.25) is 5.02 Å². The normalized spacial score (nSPS) is 16.6. The van der Waals surface area contributed by atoms with E-state index in [1.807, 2.05) is 0 Å².